The van der Waals surface area contributed by atoms with Crippen LogP contribution in [0.5, 0.6) is 0 Å². The quantitative estimate of drug-likeness (QED) is 0.733. The third-order valence-electron chi connectivity index (χ3n) is 4.85. The normalized spacial score (nSPS) is 15.7. The first-order valence-corrected chi connectivity index (χ1v) is 9.32. The molecule has 1 saturated carbocycles. The van der Waals surface area contributed by atoms with Crippen molar-refractivity contribution in [3.05, 3.63) is 35.6 Å². The minimum atomic E-state index is -0.339. The smallest absolute Gasteiger partial charge is 0.223 e. The predicted octanol–water partition coefficient (Wildman–Crippen LogP) is 3.03. The van der Waals surface area contributed by atoms with Crippen LogP contribution in [0.25, 0.3) is 0 Å². The summed E-state index contributed by atoms with van der Waals surface area (Å²) >= 11 is 0. The van der Waals surface area contributed by atoms with Crippen molar-refractivity contribution in [2.75, 3.05) is 13.7 Å². The van der Waals surface area contributed by atoms with E-state index in [1.54, 1.807) is 30.2 Å². The van der Waals surface area contributed by atoms with Crippen molar-refractivity contribution in [1.29, 1.82) is 0 Å². The number of methoxy groups -OCH3 is 1. The Kier molecular flexibility index (Phi) is 8.04. The van der Waals surface area contributed by atoms with Crippen LogP contribution in [-0.4, -0.2) is 42.5 Å². The first-order valence-electron chi connectivity index (χ1n) is 9.32. The lowest BCUT2D eigenvalue weighted by Crippen LogP contribution is -2.41. The summed E-state index contributed by atoms with van der Waals surface area (Å²) in [6.07, 6.45) is 4.60. The van der Waals surface area contributed by atoms with Gasteiger partial charge in [0.25, 0.3) is 0 Å². The number of hydrogen-bond acceptors (Lipinski definition) is 3. The van der Waals surface area contributed by atoms with Crippen LogP contribution in [0.1, 0.15) is 51.0 Å². The van der Waals surface area contributed by atoms with E-state index in [2.05, 4.69) is 5.32 Å². The summed E-state index contributed by atoms with van der Waals surface area (Å²) in [6, 6.07) is 6.47. The lowest BCUT2D eigenvalue weighted by Gasteiger charge is -2.29. The van der Waals surface area contributed by atoms with E-state index < -0.39 is 0 Å². The van der Waals surface area contributed by atoms with Gasteiger partial charge in [0.15, 0.2) is 0 Å². The molecule has 2 rings (SSSR count). The fourth-order valence-corrected chi connectivity index (χ4v) is 3.37. The fourth-order valence-electron chi connectivity index (χ4n) is 3.37. The Labute approximate surface area is 154 Å². The maximum absolute atomic E-state index is 14.0. The summed E-state index contributed by atoms with van der Waals surface area (Å²) in [6.45, 7) is 2.38. The molecule has 1 aromatic rings. The van der Waals surface area contributed by atoms with Crippen molar-refractivity contribution in [2.24, 2.45) is 0 Å². The van der Waals surface area contributed by atoms with Gasteiger partial charge in [0.2, 0.25) is 11.8 Å². The highest BCUT2D eigenvalue weighted by atomic mass is 19.1. The summed E-state index contributed by atoms with van der Waals surface area (Å²) in [5.41, 5.74) is 0.458. The van der Waals surface area contributed by atoms with E-state index in [9.17, 15) is 14.0 Å². The molecule has 0 aromatic heterocycles. The number of benzene rings is 1. The van der Waals surface area contributed by atoms with Crippen LogP contribution in [0.15, 0.2) is 24.3 Å². The van der Waals surface area contributed by atoms with E-state index >= 15 is 0 Å². The van der Waals surface area contributed by atoms with Gasteiger partial charge in [0.1, 0.15) is 5.82 Å². The molecule has 0 bridgehead atoms. The zero-order valence-corrected chi connectivity index (χ0v) is 15.7. The molecule has 1 fully saturated rings. The maximum atomic E-state index is 14.0. The molecule has 1 aliphatic rings. The second kappa shape index (κ2) is 10.3. The van der Waals surface area contributed by atoms with Gasteiger partial charge in [-0.05, 0) is 25.8 Å². The molecule has 2 amide bonds. The van der Waals surface area contributed by atoms with Crippen LogP contribution < -0.4 is 5.32 Å². The van der Waals surface area contributed by atoms with Crippen LogP contribution in [0.2, 0.25) is 0 Å². The van der Waals surface area contributed by atoms with Gasteiger partial charge in [-0.3, -0.25) is 9.59 Å². The number of carbonyl (C=O) groups is 2. The van der Waals surface area contributed by atoms with Crippen LogP contribution in [0.4, 0.5) is 4.39 Å². The lowest BCUT2D eigenvalue weighted by molar-refractivity contribution is -0.137. The molecule has 1 atom stereocenters. The number of amides is 2. The standard InChI is InChI=1S/C20H29FN2O3/c1-15(14-26-2)23(13-16-7-3-6-10-18(16)21)20(25)12-11-19(24)22-17-8-4-5-9-17/h3,6-7,10,15,17H,4-5,8-9,11-14H2,1-2H3,(H,22,24)/t15-/m0/s1. The van der Waals surface area contributed by atoms with Gasteiger partial charge in [-0.25, -0.2) is 4.39 Å². The third kappa shape index (κ3) is 6.09. The molecule has 144 valence electrons. The summed E-state index contributed by atoms with van der Waals surface area (Å²) in [5, 5.41) is 2.99. The summed E-state index contributed by atoms with van der Waals surface area (Å²) in [4.78, 5) is 26.3. The molecule has 6 heteroatoms. The molecule has 0 radical (unpaired) electrons. The van der Waals surface area contributed by atoms with Crippen molar-refractivity contribution in [3.8, 4) is 0 Å². The number of nitrogens with zero attached hydrogens (tertiary/aromatic N) is 1. The fraction of sp³-hybridized carbons (Fsp3) is 0.600. The Morgan fingerprint density at radius 3 is 2.62 bits per heavy atom. The van der Waals surface area contributed by atoms with Gasteiger partial charge in [-0.15, -0.1) is 0 Å². The Hall–Kier alpha value is -1.95. The van der Waals surface area contributed by atoms with E-state index in [4.69, 9.17) is 4.74 Å². The maximum Gasteiger partial charge on any atom is 0.223 e. The number of carbonyl (C=O) groups excluding carboxylic acids is 2. The number of ether oxygens (including phenoxy) is 1. The Balaban J connectivity index is 1.94. The zero-order valence-electron chi connectivity index (χ0n) is 15.7. The Morgan fingerprint density at radius 1 is 1.27 bits per heavy atom. The summed E-state index contributed by atoms with van der Waals surface area (Å²) in [7, 11) is 1.57. The molecule has 0 saturated heterocycles. The molecule has 1 N–H and O–H groups in total. The minimum Gasteiger partial charge on any atom is -0.383 e. The van der Waals surface area contributed by atoms with Gasteiger partial charge >= 0.3 is 0 Å². The average Bonchev–Trinajstić information content (AvgIpc) is 3.12. The second-order valence-electron chi connectivity index (χ2n) is 6.97. The molecule has 0 spiro atoms. The number of halogens is 1. The van der Waals surface area contributed by atoms with E-state index in [1.807, 2.05) is 6.92 Å². The largest absolute Gasteiger partial charge is 0.383 e. The van der Waals surface area contributed by atoms with Crippen molar-refractivity contribution < 1.29 is 18.7 Å². The highest BCUT2D eigenvalue weighted by Crippen LogP contribution is 2.18. The summed E-state index contributed by atoms with van der Waals surface area (Å²) in [5.74, 6) is -0.594. The molecular formula is C20H29FN2O3. The van der Waals surface area contributed by atoms with Crippen molar-refractivity contribution in [1.82, 2.24) is 10.2 Å². The van der Waals surface area contributed by atoms with Crippen molar-refractivity contribution in [2.45, 2.75) is 64.1 Å². The van der Waals surface area contributed by atoms with Crippen LogP contribution in [0, 0.1) is 5.82 Å². The molecule has 1 aromatic carbocycles. The van der Waals surface area contributed by atoms with E-state index in [1.165, 1.54) is 6.07 Å². The Bertz CT molecular complexity index is 602. The van der Waals surface area contributed by atoms with E-state index in [0.717, 1.165) is 25.7 Å². The van der Waals surface area contributed by atoms with Crippen molar-refractivity contribution in [3.63, 3.8) is 0 Å². The second-order valence-corrected chi connectivity index (χ2v) is 6.97. The number of rotatable bonds is 9. The highest BCUT2D eigenvalue weighted by Gasteiger charge is 2.23. The molecule has 0 aliphatic heterocycles. The van der Waals surface area contributed by atoms with Gasteiger partial charge in [-0.2, -0.15) is 0 Å². The molecule has 0 heterocycles. The number of nitrogens with one attached hydrogen (secondary N) is 1. The SMILES string of the molecule is COC[C@H](C)N(Cc1ccccc1F)C(=O)CCC(=O)NC1CCCC1. The molecule has 5 nitrogen and oxygen atoms in total. The van der Waals surface area contributed by atoms with Crippen LogP contribution in [-0.2, 0) is 20.9 Å². The Morgan fingerprint density at radius 2 is 1.96 bits per heavy atom. The topological polar surface area (TPSA) is 58.6 Å². The highest BCUT2D eigenvalue weighted by molar-refractivity contribution is 5.84. The lowest BCUT2D eigenvalue weighted by atomic mass is 10.1. The first-order chi connectivity index (χ1) is 12.5. The van der Waals surface area contributed by atoms with Gasteiger partial charge in [0, 0.05) is 38.1 Å². The first kappa shape index (κ1) is 20.4. The molecule has 0 unspecified atom stereocenters. The monoisotopic (exact) mass is 364 g/mol. The molecule has 26 heavy (non-hydrogen) atoms. The van der Waals surface area contributed by atoms with Gasteiger partial charge < -0.3 is 15.0 Å². The van der Waals surface area contributed by atoms with E-state index in [-0.39, 0.29) is 49.1 Å². The van der Waals surface area contributed by atoms with Gasteiger partial charge in [-0.1, -0.05) is 31.0 Å². The predicted molar refractivity (Wildman–Crippen MR) is 97.9 cm³/mol. The van der Waals surface area contributed by atoms with Crippen LogP contribution >= 0.6 is 0 Å². The zero-order chi connectivity index (χ0) is 18.9. The van der Waals surface area contributed by atoms with Crippen molar-refractivity contribution >= 4 is 11.8 Å². The van der Waals surface area contributed by atoms with E-state index in [0.29, 0.717) is 12.2 Å². The van der Waals surface area contributed by atoms with Crippen LogP contribution in [0.3, 0.4) is 0 Å². The number of hydrogen-bond donors (Lipinski definition) is 1. The average molecular weight is 364 g/mol. The van der Waals surface area contributed by atoms with Gasteiger partial charge in [0.05, 0.1) is 12.6 Å². The minimum absolute atomic E-state index is 0.0875. The third-order valence-corrected chi connectivity index (χ3v) is 4.85. The summed E-state index contributed by atoms with van der Waals surface area (Å²) < 4.78 is 19.1. The molecular weight excluding hydrogens is 335 g/mol. The molecule has 1 aliphatic carbocycles.